The molecule has 3 rings (SSSR count). The Hall–Kier alpha value is -2.17. The van der Waals surface area contributed by atoms with E-state index in [2.05, 4.69) is 4.98 Å². The minimum Gasteiger partial charge on any atom is -0.394 e. The molecule has 0 spiro atoms. The minimum atomic E-state index is -0.304. The van der Waals surface area contributed by atoms with Crippen molar-refractivity contribution in [3.05, 3.63) is 41.0 Å². The number of allylic oxidation sites excluding steroid dienone is 2. The van der Waals surface area contributed by atoms with Gasteiger partial charge in [-0.2, -0.15) is 0 Å². The van der Waals surface area contributed by atoms with Gasteiger partial charge in [0.2, 0.25) is 11.6 Å². The second-order valence-electron chi connectivity index (χ2n) is 4.32. The average molecular weight is 229 g/mol. The lowest BCUT2D eigenvalue weighted by atomic mass is 9.95. The largest absolute Gasteiger partial charge is 0.394 e. The van der Waals surface area contributed by atoms with Gasteiger partial charge in [0.05, 0.1) is 5.56 Å². The molecule has 17 heavy (non-hydrogen) atoms. The van der Waals surface area contributed by atoms with Crippen LogP contribution in [0.25, 0.3) is 0 Å². The number of hydrogen-bond acceptors (Lipinski definition) is 5. The Kier molecular flexibility index (Phi) is 1.86. The Balaban J connectivity index is 2.16. The summed E-state index contributed by atoms with van der Waals surface area (Å²) in [5.74, 6) is -0.552. The number of Topliss-reactive ketones (excluding diaryl/α,β-unsaturated/α-hetero) is 2. The molecule has 1 fully saturated rings. The fourth-order valence-electron chi connectivity index (χ4n) is 2.09. The summed E-state index contributed by atoms with van der Waals surface area (Å²) in [7, 11) is 0. The molecular formula is C12H11N3O2. The Morgan fingerprint density at radius 2 is 2.12 bits per heavy atom. The van der Waals surface area contributed by atoms with Gasteiger partial charge >= 0.3 is 0 Å². The van der Waals surface area contributed by atoms with E-state index in [1.54, 1.807) is 12.1 Å². The minimum absolute atomic E-state index is 0.0415. The molecule has 5 heteroatoms. The van der Waals surface area contributed by atoms with Crippen LogP contribution < -0.4 is 5.73 Å². The SMILES string of the molecule is CC1CN1C1=C(N)C(=O)c2cccnc2C1=O. The van der Waals surface area contributed by atoms with Crippen molar-refractivity contribution in [2.75, 3.05) is 6.54 Å². The first-order valence-electron chi connectivity index (χ1n) is 5.42. The molecule has 1 aromatic heterocycles. The highest BCUT2D eigenvalue weighted by Gasteiger charge is 2.42. The van der Waals surface area contributed by atoms with E-state index >= 15 is 0 Å². The van der Waals surface area contributed by atoms with E-state index in [1.807, 2.05) is 11.8 Å². The maximum absolute atomic E-state index is 12.2. The summed E-state index contributed by atoms with van der Waals surface area (Å²) in [5.41, 5.74) is 6.63. The van der Waals surface area contributed by atoms with E-state index in [4.69, 9.17) is 5.73 Å². The van der Waals surface area contributed by atoms with Crippen LogP contribution in [0.4, 0.5) is 0 Å². The number of hydrogen-bond donors (Lipinski definition) is 1. The lowest BCUT2D eigenvalue weighted by Crippen LogP contribution is -2.31. The zero-order valence-electron chi connectivity index (χ0n) is 9.30. The van der Waals surface area contributed by atoms with E-state index in [1.165, 1.54) is 6.20 Å². The number of fused-ring (bicyclic) bond motifs is 1. The quantitative estimate of drug-likeness (QED) is 0.702. The van der Waals surface area contributed by atoms with Gasteiger partial charge in [-0.1, -0.05) is 0 Å². The zero-order chi connectivity index (χ0) is 12.2. The third-order valence-electron chi connectivity index (χ3n) is 3.13. The molecule has 1 aromatic rings. The molecule has 0 radical (unpaired) electrons. The highest BCUT2D eigenvalue weighted by atomic mass is 16.1. The summed E-state index contributed by atoms with van der Waals surface area (Å²) < 4.78 is 0. The molecule has 0 saturated carbocycles. The first kappa shape index (κ1) is 10.0. The van der Waals surface area contributed by atoms with Gasteiger partial charge < -0.3 is 10.6 Å². The number of aromatic nitrogens is 1. The van der Waals surface area contributed by atoms with Crippen LogP contribution in [-0.2, 0) is 0 Å². The van der Waals surface area contributed by atoms with Crippen LogP contribution >= 0.6 is 0 Å². The monoisotopic (exact) mass is 229 g/mol. The van der Waals surface area contributed by atoms with Crippen molar-refractivity contribution >= 4 is 11.6 Å². The van der Waals surface area contributed by atoms with E-state index in [-0.39, 0.29) is 29.0 Å². The molecule has 2 N–H and O–H groups in total. The van der Waals surface area contributed by atoms with Crippen molar-refractivity contribution in [2.45, 2.75) is 13.0 Å². The number of ketones is 2. The van der Waals surface area contributed by atoms with Crippen molar-refractivity contribution < 1.29 is 9.59 Å². The molecule has 1 aliphatic carbocycles. The smallest absolute Gasteiger partial charge is 0.230 e. The van der Waals surface area contributed by atoms with Crippen LogP contribution in [0.3, 0.4) is 0 Å². The molecular weight excluding hydrogens is 218 g/mol. The van der Waals surface area contributed by atoms with Crippen LogP contribution in [0.2, 0.25) is 0 Å². The number of carbonyl (C=O) groups is 2. The molecule has 86 valence electrons. The number of rotatable bonds is 1. The molecule has 1 unspecified atom stereocenters. The Labute approximate surface area is 97.9 Å². The Bertz CT molecular complexity index is 577. The van der Waals surface area contributed by atoms with Gasteiger partial charge in [0.25, 0.3) is 0 Å². The lowest BCUT2D eigenvalue weighted by molar-refractivity contribution is 0.0954. The highest BCUT2D eigenvalue weighted by Crippen LogP contribution is 2.31. The lowest BCUT2D eigenvalue weighted by Gasteiger charge is -2.18. The number of carbonyl (C=O) groups excluding carboxylic acids is 2. The first-order valence-corrected chi connectivity index (χ1v) is 5.42. The summed E-state index contributed by atoms with van der Waals surface area (Å²) in [4.78, 5) is 30.0. The van der Waals surface area contributed by atoms with Crippen LogP contribution in [0.15, 0.2) is 29.7 Å². The van der Waals surface area contributed by atoms with Gasteiger partial charge in [0, 0.05) is 18.8 Å². The number of nitrogens with zero attached hydrogens (tertiary/aromatic N) is 2. The van der Waals surface area contributed by atoms with Gasteiger partial charge in [0.15, 0.2) is 0 Å². The maximum atomic E-state index is 12.2. The van der Waals surface area contributed by atoms with E-state index in [0.29, 0.717) is 11.3 Å². The zero-order valence-corrected chi connectivity index (χ0v) is 9.30. The number of nitrogens with two attached hydrogens (primary N) is 1. The molecule has 1 saturated heterocycles. The topological polar surface area (TPSA) is 76.1 Å². The Morgan fingerprint density at radius 1 is 1.41 bits per heavy atom. The van der Waals surface area contributed by atoms with Gasteiger partial charge in [0.1, 0.15) is 17.1 Å². The Morgan fingerprint density at radius 3 is 2.76 bits per heavy atom. The molecule has 0 aromatic carbocycles. The van der Waals surface area contributed by atoms with Crippen LogP contribution in [0.5, 0.6) is 0 Å². The first-order chi connectivity index (χ1) is 8.11. The van der Waals surface area contributed by atoms with Gasteiger partial charge in [-0.05, 0) is 19.1 Å². The summed E-state index contributed by atoms with van der Waals surface area (Å²) >= 11 is 0. The van der Waals surface area contributed by atoms with Crippen molar-refractivity contribution in [1.82, 2.24) is 9.88 Å². The van der Waals surface area contributed by atoms with Crippen molar-refractivity contribution in [3.8, 4) is 0 Å². The van der Waals surface area contributed by atoms with Crippen molar-refractivity contribution in [2.24, 2.45) is 5.73 Å². The van der Waals surface area contributed by atoms with Gasteiger partial charge in [-0.15, -0.1) is 0 Å². The summed E-state index contributed by atoms with van der Waals surface area (Å²) in [5, 5.41) is 0. The number of pyridine rings is 1. The summed E-state index contributed by atoms with van der Waals surface area (Å²) in [6.07, 6.45) is 1.51. The molecule has 2 heterocycles. The second kappa shape index (κ2) is 3.16. The predicted molar refractivity (Wildman–Crippen MR) is 60.3 cm³/mol. The molecule has 2 aliphatic rings. The van der Waals surface area contributed by atoms with E-state index in [0.717, 1.165) is 6.54 Å². The third kappa shape index (κ3) is 1.28. The summed E-state index contributed by atoms with van der Waals surface area (Å²) in [6, 6.07) is 3.48. The van der Waals surface area contributed by atoms with Gasteiger partial charge in [-0.25, -0.2) is 0 Å². The summed E-state index contributed by atoms with van der Waals surface area (Å²) in [6.45, 7) is 2.74. The van der Waals surface area contributed by atoms with Gasteiger partial charge in [-0.3, -0.25) is 14.6 Å². The fourth-order valence-corrected chi connectivity index (χ4v) is 2.09. The highest BCUT2D eigenvalue weighted by molar-refractivity contribution is 6.25. The van der Waals surface area contributed by atoms with Crippen molar-refractivity contribution in [1.29, 1.82) is 0 Å². The molecule has 1 atom stereocenters. The molecule has 0 bridgehead atoms. The van der Waals surface area contributed by atoms with Crippen molar-refractivity contribution in [3.63, 3.8) is 0 Å². The average Bonchev–Trinajstić information content (AvgIpc) is 3.04. The molecule has 5 nitrogen and oxygen atoms in total. The maximum Gasteiger partial charge on any atom is 0.230 e. The van der Waals surface area contributed by atoms with E-state index < -0.39 is 0 Å². The van der Waals surface area contributed by atoms with Crippen LogP contribution in [-0.4, -0.2) is 34.0 Å². The third-order valence-corrected chi connectivity index (χ3v) is 3.13. The van der Waals surface area contributed by atoms with Crippen LogP contribution in [0, 0.1) is 0 Å². The second-order valence-corrected chi connectivity index (χ2v) is 4.32. The molecule has 0 amide bonds. The van der Waals surface area contributed by atoms with E-state index in [9.17, 15) is 9.59 Å². The predicted octanol–water partition coefficient (Wildman–Crippen LogP) is 0.335. The van der Waals surface area contributed by atoms with Crippen LogP contribution in [0.1, 0.15) is 27.8 Å². The molecule has 1 aliphatic heterocycles. The normalized spacial score (nSPS) is 22.9. The fraction of sp³-hybridized carbons (Fsp3) is 0.250. The standard InChI is InChI=1S/C12H11N3O2/c1-6-5-15(6)10-8(13)11(16)7-3-2-4-14-9(7)12(10)17/h2-4,6H,5,13H2,1H3.